The van der Waals surface area contributed by atoms with Gasteiger partial charge in [0, 0.05) is 13.1 Å². The number of aliphatic hydroxyl groups excluding tert-OH is 1. The fourth-order valence-corrected chi connectivity index (χ4v) is 2.72. The molecule has 0 spiro atoms. The topological polar surface area (TPSA) is 142 Å². The summed E-state index contributed by atoms with van der Waals surface area (Å²) in [5.41, 5.74) is 5.56. The molecule has 0 aromatic rings. The van der Waals surface area contributed by atoms with Crippen molar-refractivity contribution in [2.75, 3.05) is 19.7 Å². The van der Waals surface area contributed by atoms with E-state index in [-0.39, 0.29) is 12.5 Å². The molecule has 0 bridgehead atoms. The van der Waals surface area contributed by atoms with E-state index >= 15 is 0 Å². The van der Waals surface area contributed by atoms with Crippen LogP contribution in [0.25, 0.3) is 0 Å². The third-order valence-electron chi connectivity index (χ3n) is 4.48. The molecule has 1 unspecified atom stereocenters. The van der Waals surface area contributed by atoms with Gasteiger partial charge in [0.2, 0.25) is 17.6 Å². The number of nitrogens with one attached hydrogen (secondary N) is 2. The number of carbonyl (C=O) groups excluding carboxylic acids is 4. The summed E-state index contributed by atoms with van der Waals surface area (Å²) in [6, 6.07) is -2.94. The molecule has 1 saturated heterocycles. The van der Waals surface area contributed by atoms with E-state index in [0.717, 1.165) is 0 Å². The summed E-state index contributed by atoms with van der Waals surface area (Å²) in [5, 5.41) is 14.1. The quantitative estimate of drug-likeness (QED) is 0.304. The number of aliphatic hydroxyl groups is 1. The number of hydrogen-bond acceptors (Lipinski definition) is 6. The number of carbonyl (C=O) groups is 4. The molecule has 3 amide bonds. The zero-order chi connectivity index (χ0) is 20.8. The first-order valence-electron chi connectivity index (χ1n) is 8.94. The molecule has 1 rings (SSSR count). The number of nitrogens with two attached hydrogens (primary N) is 1. The van der Waals surface area contributed by atoms with Crippen LogP contribution in [0.1, 0.15) is 33.6 Å². The highest BCUT2D eigenvalue weighted by Gasteiger charge is 2.40. The fourth-order valence-electron chi connectivity index (χ4n) is 2.72. The molecule has 1 aliphatic rings. The lowest BCUT2D eigenvalue weighted by Gasteiger charge is -2.33. The molecule has 0 saturated carbocycles. The number of Topliss-reactive ketones (excluding diaryl/α,β-unsaturated/α-hetero) is 1. The lowest BCUT2D eigenvalue weighted by Crippen LogP contribution is -2.57. The van der Waals surface area contributed by atoms with Gasteiger partial charge >= 0.3 is 0 Å². The highest BCUT2D eigenvalue weighted by Crippen LogP contribution is 2.24. The minimum Gasteiger partial charge on any atom is -0.394 e. The predicted molar refractivity (Wildman–Crippen MR) is 99.4 cm³/mol. The van der Waals surface area contributed by atoms with Gasteiger partial charge in [0.25, 0.3) is 5.91 Å². The molecule has 1 heterocycles. The number of nitrogens with zero attached hydrogens (tertiary/aromatic N) is 1. The second kappa shape index (κ2) is 9.61. The van der Waals surface area contributed by atoms with Crippen molar-refractivity contribution in [3.05, 3.63) is 12.7 Å². The third-order valence-corrected chi connectivity index (χ3v) is 4.48. The van der Waals surface area contributed by atoms with Crippen LogP contribution >= 0.6 is 0 Å². The maximum atomic E-state index is 12.7. The molecule has 152 valence electrons. The summed E-state index contributed by atoms with van der Waals surface area (Å²) in [6.07, 6.45) is 2.44. The normalized spacial score (nSPS) is 19.1. The Morgan fingerprint density at radius 3 is 2.48 bits per heavy atom. The van der Waals surface area contributed by atoms with E-state index in [0.29, 0.717) is 19.4 Å². The summed E-state index contributed by atoms with van der Waals surface area (Å²) in [6.45, 7) is 8.68. The van der Waals surface area contributed by atoms with Gasteiger partial charge in [-0.1, -0.05) is 26.8 Å². The minimum atomic E-state index is -1.38. The zero-order valence-corrected chi connectivity index (χ0v) is 16.2. The molecule has 3 atom stereocenters. The smallest absolute Gasteiger partial charge is 0.289 e. The summed E-state index contributed by atoms with van der Waals surface area (Å²) in [5.74, 6) is -2.82. The van der Waals surface area contributed by atoms with Crippen molar-refractivity contribution in [2.45, 2.75) is 51.7 Å². The van der Waals surface area contributed by atoms with Gasteiger partial charge < -0.3 is 26.4 Å². The fraction of sp³-hybridized carbons (Fsp3) is 0.667. The Morgan fingerprint density at radius 2 is 1.96 bits per heavy atom. The van der Waals surface area contributed by atoms with Crippen LogP contribution in [0.3, 0.4) is 0 Å². The van der Waals surface area contributed by atoms with Gasteiger partial charge in [-0.3, -0.25) is 19.2 Å². The maximum Gasteiger partial charge on any atom is 0.289 e. The first-order valence-corrected chi connectivity index (χ1v) is 8.94. The average molecular weight is 382 g/mol. The van der Waals surface area contributed by atoms with Crippen LogP contribution in [0.15, 0.2) is 12.7 Å². The summed E-state index contributed by atoms with van der Waals surface area (Å²) in [7, 11) is 0. The van der Waals surface area contributed by atoms with Crippen LogP contribution < -0.4 is 16.4 Å². The van der Waals surface area contributed by atoms with Gasteiger partial charge in [0.1, 0.15) is 12.1 Å². The van der Waals surface area contributed by atoms with Crippen LogP contribution in [-0.2, 0) is 19.2 Å². The van der Waals surface area contributed by atoms with Crippen molar-refractivity contribution in [3.63, 3.8) is 0 Å². The van der Waals surface area contributed by atoms with E-state index in [9.17, 15) is 24.3 Å². The highest BCUT2D eigenvalue weighted by atomic mass is 16.3. The molecule has 0 radical (unpaired) electrons. The molecule has 0 aromatic carbocycles. The molecular formula is C18H30N4O5. The lowest BCUT2D eigenvalue weighted by molar-refractivity contribution is -0.143. The largest absolute Gasteiger partial charge is 0.394 e. The van der Waals surface area contributed by atoms with E-state index in [1.807, 2.05) is 20.8 Å². The molecule has 9 heteroatoms. The van der Waals surface area contributed by atoms with E-state index in [1.165, 1.54) is 11.0 Å². The summed E-state index contributed by atoms with van der Waals surface area (Å²) >= 11 is 0. The highest BCUT2D eigenvalue weighted by molar-refractivity contribution is 6.38. The SMILES string of the molecule is C=CCNC(=O)C(=O)C(CO)NC(=O)[C@@H]1CCCN1C(=O)[C@@H](N)C(C)(C)C. The molecule has 9 nitrogen and oxygen atoms in total. The van der Waals surface area contributed by atoms with Gasteiger partial charge in [0.05, 0.1) is 12.6 Å². The lowest BCUT2D eigenvalue weighted by atomic mass is 9.86. The molecule has 1 aliphatic heterocycles. The van der Waals surface area contributed by atoms with E-state index in [2.05, 4.69) is 17.2 Å². The third kappa shape index (κ3) is 5.86. The Morgan fingerprint density at radius 1 is 1.33 bits per heavy atom. The molecule has 1 fully saturated rings. The van der Waals surface area contributed by atoms with E-state index in [4.69, 9.17) is 5.73 Å². The number of amides is 3. The van der Waals surface area contributed by atoms with E-state index in [1.54, 1.807) is 0 Å². The Balaban J connectivity index is 2.81. The van der Waals surface area contributed by atoms with Crippen LogP contribution in [0.4, 0.5) is 0 Å². The van der Waals surface area contributed by atoms with Crippen molar-refractivity contribution < 1.29 is 24.3 Å². The molecule has 27 heavy (non-hydrogen) atoms. The molecule has 5 N–H and O–H groups in total. The Labute approximate surface area is 159 Å². The van der Waals surface area contributed by atoms with Gasteiger partial charge in [-0.2, -0.15) is 0 Å². The minimum absolute atomic E-state index is 0.0895. The first kappa shape index (κ1) is 22.8. The van der Waals surface area contributed by atoms with Crippen molar-refractivity contribution in [3.8, 4) is 0 Å². The van der Waals surface area contributed by atoms with Gasteiger partial charge in [0.15, 0.2) is 0 Å². The molecule has 0 aliphatic carbocycles. The Kier molecular flexibility index (Phi) is 8.11. The summed E-state index contributed by atoms with van der Waals surface area (Å²) < 4.78 is 0. The van der Waals surface area contributed by atoms with Crippen molar-refractivity contribution in [1.82, 2.24) is 15.5 Å². The second-order valence-corrected chi connectivity index (χ2v) is 7.64. The van der Waals surface area contributed by atoms with Crippen LogP contribution in [-0.4, -0.2) is 71.3 Å². The second-order valence-electron chi connectivity index (χ2n) is 7.64. The first-order chi connectivity index (χ1) is 12.5. The van der Waals surface area contributed by atoms with Gasteiger partial charge in [-0.15, -0.1) is 6.58 Å². The Hall–Kier alpha value is -2.26. The number of rotatable bonds is 8. The van der Waals surface area contributed by atoms with Crippen LogP contribution in [0, 0.1) is 5.41 Å². The van der Waals surface area contributed by atoms with Gasteiger partial charge in [-0.05, 0) is 18.3 Å². The van der Waals surface area contributed by atoms with Gasteiger partial charge in [-0.25, -0.2) is 0 Å². The van der Waals surface area contributed by atoms with Crippen molar-refractivity contribution in [1.29, 1.82) is 0 Å². The maximum absolute atomic E-state index is 12.7. The monoisotopic (exact) mass is 382 g/mol. The van der Waals surface area contributed by atoms with E-state index < -0.39 is 47.7 Å². The summed E-state index contributed by atoms with van der Waals surface area (Å²) in [4.78, 5) is 50.4. The molecular weight excluding hydrogens is 352 g/mol. The van der Waals surface area contributed by atoms with Crippen LogP contribution in [0.5, 0.6) is 0 Å². The average Bonchev–Trinajstić information content (AvgIpc) is 3.11. The van der Waals surface area contributed by atoms with Crippen molar-refractivity contribution in [2.24, 2.45) is 11.1 Å². The number of hydrogen-bond donors (Lipinski definition) is 4. The Bertz CT molecular complexity index is 599. The van der Waals surface area contributed by atoms with Crippen molar-refractivity contribution >= 4 is 23.5 Å². The van der Waals surface area contributed by atoms with Crippen LogP contribution in [0.2, 0.25) is 0 Å². The molecule has 0 aromatic heterocycles. The standard InChI is InChI=1S/C18H30N4O5/c1-5-8-20-16(26)13(24)11(10-23)21-15(25)12-7-6-9-22(12)17(27)14(19)18(2,3)4/h5,11-12,14,23H,1,6-10,19H2,2-4H3,(H,20,26)(H,21,25)/t11?,12-,14+/m0/s1. The number of ketones is 1. The zero-order valence-electron chi connectivity index (χ0n) is 16.2. The number of likely N-dealkylation sites (tertiary alicyclic amines) is 1. The predicted octanol–water partition coefficient (Wildman–Crippen LogP) is -1.30.